The summed E-state index contributed by atoms with van der Waals surface area (Å²) in [5.41, 5.74) is 6.90. The number of amides is 2. The molecule has 4 rings (SSSR count). The van der Waals surface area contributed by atoms with E-state index in [-0.39, 0.29) is 24.1 Å². The third-order valence-electron chi connectivity index (χ3n) is 6.41. The molecule has 1 unspecified atom stereocenters. The summed E-state index contributed by atoms with van der Waals surface area (Å²) in [6.07, 6.45) is 6.44. The normalized spacial score (nSPS) is 23.1. The quantitative estimate of drug-likeness (QED) is 0.286. The zero-order valence-corrected chi connectivity index (χ0v) is 23.5. The van der Waals surface area contributed by atoms with Crippen LogP contribution in [0.15, 0.2) is 47.4 Å². The molecule has 1 aliphatic heterocycles. The Labute approximate surface area is 230 Å². The minimum absolute atomic E-state index is 0.0502. The largest absolute Gasteiger partial charge is 0.490 e. The second kappa shape index (κ2) is 12.2. The minimum atomic E-state index is -0.554. The van der Waals surface area contributed by atoms with Gasteiger partial charge in [0.05, 0.1) is 15.1 Å². The van der Waals surface area contributed by atoms with E-state index in [1.54, 1.807) is 11.8 Å². The van der Waals surface area contributed by atoms with Gasteiger partial charge in [0.25, 0.3) is 11.8 Å². The molecule has 0 aromatic heterocycles. The zero-order valence-electron chi connectivity index (χ0n) is 20.5. The van der Waals surface area contributed by atoms with Gasteiger partial charge in [-0.15, -0.1) is 0 Å². The highest BCUT2D eigenvalue weighted by molar-refractivity contribution is 14.1. The Morgan fingerprint density at radius 1 is 1.22 bits per heavy atom. The summed E-state index contributed by atoms with van der Waals surface area (Å²) < 4.78 is 12.2. The van der Waals surface area contributed by atoms with E-state index in [9.17, 15) is 9.59 Å². The summed E-state index contributed by atoms with van der Waals surface area (Å²) in [7, 11) is 0. The smallest absolute Gasteiger partial charge is 0.262 e. The fraction of sp³-hybridized carbons (Fsp3) is 0.407. The van der Waals surface area contributed by atoms with Gasteiger partial charge in [0.15, 0.2) is 23.6 Å². The number of nitrogens with two attached hydrogens (primary N) is 1. The van der Waals surface area contributed by atoms with E-state index < -0.39 is 5.91 Å². The molecule has 2 aliphatic rings. The Hall–Kier alpha value is -2.40. The van der Waals surface area contributed by atoms with Gasteiger partial charge < -0.3 is 25.4 Å². The Bertz CT molecular complexity index is 1130. The van der Waals surface area contributed by atoms with E-state index in [1.807, 2.05) is 60.4 Å². The number of hydrogen-bond donors (Lipinski definition) is 2. The molecule has 1 saturated carbocycles. The molecule has 2 aromatic carbocycles. The van der Waals surface area contributed by atoms with E-state index in [4.69, 9.17) is 15.2 Å². The van der Waals surface area contributed by atoms with Crippen LogP contribution < -0.4 is 20.5 Å². The SMILES string of the molecule is CCOc1cc(/C=C2\SC(Nc3ccccc3)N([C@@H]3CCCC[C@H]3C)C2=O)cc(I)c1OCC(N)=O. The van der Waals surface area contributed by atoms with Crippen LogP contribution in [0.3, 0.4) is 0 Å². The Balaban J connectivity index is 1.66. The molecule has 0 radical (unpaired) electrons. The van der Waals surface area contributed by atoms with Crippen LogP contribution in [-0.2, 0) is 9.59 Å². The van der Waals surface area contributed by atoms with Crippen molar-refractivity contribution >= 4 is 57.9 Å². The third kappa shape index (κ3) is 6.29. The number of carbonyl (C=O) groups excluding carboxylic acids is 2. The summed E-state index contributed by atoms with van der Waals surface area (Å²) >= 11 is 3.70. The average molecular weight is 622 g/mol. The van der Waals surface area contributed by atoms with Gasteiger partial charge in [-0.25, -0.2) is 0 Å². The molecular formula is C27H32IN3O4S. The van der Waals surface area contributed by atoms with Crippen molar-refractivity contribution in [3.63, 3.8) is 0 Å². The summed E-state index contributed by atoms with van der Waals surface area (Å²) in [6.45, 7) is 4.35. The van der Waals surface area contributed by atoms with E-state index in [0.717, 1.165) is 34.1 Å². The van der Waals surface area contributed by atoms with Crippen molar-refractivity contribution in [3.8, 4) is 11.5 Å². The second-order valence-corrected chi connectivity index (χ2v) is 11.3. The van der Waals surface area contributed by atoms with Gasteiger partial charge in [-0.1, -0.05) is 49.7 Å². The lowest BCUT2D eigenvalue weighted by Crippen LogP contribution is -2.48. The van der Waals surface area contributed by atoms with E-state index >= 15 is 0 Å². The summed E-state index contributed by atoms with van der Waals surface area (Å²) in [5, 5.41) is 3.57. The van der Waals surface area contributed by atoms with Crippen molar-refractivity contribution in [3.05, 3.63) is 56.5 Å². The molecule has 2 fully saturated rings. The predicted octanol–water partition coefficient (Wildman–Crippen LogP) is 5.44. The second-order valence-electron chi connectivity index (χ2n) is 9.05. The highest BCUT2D eigenvalue weighted by Crippen LogP contribution is 2.43. The number of ether oxygens (including phenoxy) is 2. The zero-order chi connectivity index (χ0) is 25.7. The van der Waals surface area contributed by atoms with Crippen molar-refractivity contribution in [1.82, 2.24) is 4.90 Å². The van der Waals surface area contributed by atoms with Gasteiger partial charge in [-0.2, -0.15) is 0 Å². The number of hydrogen-bond acceptors (Lipinski definition) is 6. The molecule has 36 heavy (non-hydrogen) atoms. The molecular weight excluding hydrogens is 589 g/mol. The lowest BCUT2D eigenvalue weighted by Gasteiger charge is -2.39. The lowest BCUT2D eigenvalue weighted by atomic mass is 9.85. The molecule has 2 amide bonds. The molecule has 9 heteroatoms. The summed E-state index contributed by atoms with van der Waals surface area (Å²) in [6, 6.07) is 14.0. The van der Waals surface area contributed by atoms with Gasteiger partial charge in [-0.3, -0.25) is 9.59 Å². The molecule has 0 spiro atoms. The number of halogens is 1. The highest BCUT2D eigenvalue weighted by atomic mass is 127. The molecule has 0 bridgehead atoms. The summed E-state index contributed by atoms with van der Waals surface area (Å²) in [5.74, 6) is 0.945. The van der Waals surface area contributed by atoms with Crippen molar-refractivity contribution < 1.29 is 19.1 Å². The van der Waals surface area contributed by atoms with Crippen LogP contribution in [0, 0.1) is 9.49 Å². The van der Waals surface area contributed by atoms with Crippen molar-refractivity contribution in [2.45, 2.75) is 51.1 Å². The first-order valence-electron chi connectivity index (χ1n) is 12.3. The van der Waals surface area contributed by atoms with Crippen LogP contribution >= 0.6 is 34.4 Å². The number of primary amides is 1. The van der Waals surface area contributed by atoms with Crippen LogP contribution in [0.1, 0.15) is 45.1 Å². The maximum Gasteiger partial charge on any atom is 0.262 e. The number of benzene rings is 2. The average Bonchev–Trinajstić information content (AvgIpc) is 3.13. The van der Waals surface area contributed by atoms with E-state index in [0.29, 0.717) is 28.9 Å². The maximum absolute atomic E-state index is 13.8. The Morgan fingerprint density at radius 3 is 2.67 bits per heavy atom. The van der Waals surface area contributed by atoms with Crippen LogP contribution in [0.25, 0.3) is 6.08 Å². The number of rotatable bonds is 9. The molecule has 1 aliphatic carbocycles. The number of nitrogens with zero attached hydrogens (tertiary/aromatic N) is 1. The molecule has 7 nitrogen and oxygen atoms in total. The predicted molar refractivity (Wildman–Crippen MR) is 153 cm³/mol. The third-order valence-corrected chi connectivity index (χ3v) is 8.33. The minimum Gasteiger partial charge on any atom is -0.490 e. The van der Waals surface area contributed by atoms with E-state index in [1.165, 1.54) is 6.42 Å². The molecule has 1 heterocycles. The van der Waals surface area contributed by atoms with Crippen molar-refractivity contribution in [2.24, 2.45) is 11.7 Å². The van der Waals surface area contributed by atoms with Crippen LogP contribution in [0.4, 0.5) is 5.69 Å². The topological polar surface area (TPSA) is 93.9 Å². The van der Waals surface area contributed by atoms with Crippen LogP contribution in [0.2, 0.25) is 0 Å². The lowest BCUT2D eigenvalue weighted by molar-refractivity contribution is -0.129. The standard InChI is InChI=1S/C27H32IN3O4S/c1-3-34-22-14-18(13-20(28)25(22)35-16-24(29)32)15-23-26(33)31(21-12-8-7-9-17(21)2)27(36-23)30-19-10-5-4-6-11-19/h4-6,10-11,13-15,17,21,27,30H,3,7-9,12,16H2,1-2H3,(H2,29,32)/b23-15-/t17-,21-,27?/m1/s1. The molecule has 3 atom stereocenters. The first kappa shape index (κ1) is 26.7. The van der Waals surface area contributed by atoms with Gasteiger partial charge in [-0.05, 0) is 84.2 Å². The molecule has 192 valence electrons. The van der Waals surface area contributed by atoms with E-state index in [2.05, 4.69) is 34.8 Å². The summed E-state index contributed by atoms with van der Waals surface area (Å²) in [4.78, 5) is 27.7. The molecule has 2 aromatic rings. The number of para-hydroxylation sites is 1. The number of thioether (sulfide) groups is 1. The Morgan fingerprint density at radius 2 is 1.97 bits per heavy atom. The first-order valence-corrected chi connectivity index (χ1v) is 14.2. The van der Waals surface area contributed by atoms with Crippen molar-refractivity contribution in [2.75, 3.05) is 18.5 Å². The number of anilines is 1. The first-order chi connectivity index (χ1) is 17.4. The monoisotopic (exact) mass is 621 g/mol. The maximum atomic E-state index is 13.8. The van der Waals surface area contributed by atoms with Crippen molar-refractivity contribution in [1.29, 1.82) is 0 Å². The fourth-order valence-corrected chi connectivity index (χ4v) is 6.73. The molecule has 3 N–H and O–H groups in total. The highest BCUT2D eigenvalue weighted by Gasteiger charge is 2.42. The van der Waals surface area contributed by atoms with Gasteiger partial charge in [0.1, 0.15) is 0 Å². The van der Waals surface area contributed by atoms with Crippen LogP contribution in [0.5, 0.6) is 11.5 Å². The number of carbonyl (C=O) groups is 2. The van der Waals surface area contributed by atoms with Gasteiger partial charge in [0, 0.05) is 11.7 Å². The molecule has 1 saturated heterocycles. The van der Waals surface area contributed by atoms with Gasteiger partial charge >= 0.3 is 0 Å². The number of nitrogens with one attached hydrogen (secondary N) is 1. The van der Waals surface area contributed by atoms with Gasteiger partial charge in [0.2, 0.25) is 0 Å². The Kier molecular flexibility index (Phi) is 9.05. The fourth-order valence-electron chi connectivity index (χ4n) is 4.74. The van der Waals surface area contributed by atoms with Crippen LogP contribution in [-0.4, -0.2) is 41.5 Å².